The van der Waals surface area contributed by atoms with Gasteiger partial charge in [0.25, 0.3) is 0 Å². The van der Waals surface area contributed by atoms with Crippen molar-refractivity contribution < 1.29 is 54.8 Å². The summed E-state index contributed by atoms with van der Waals surface area (Å²) in [5.74, 6) is -0.0709. The van der Waals surface area contributed by atoms with Gasteiger partial charge in [0.1, 0.15) is 0 Å². The van der Waals surface area contributed by atoms with Gasteiger partial charge in [-0.15, -0.1) is 0 Å². The molecule has 2 aromatic carbocycles. The van der Waals surface area contributed by atoms with Crippen LogP contribution < -0.4 is 39.9 Å². The number of nitrogens with zero attached hydrogens (tertiary/aromatic N) is 3. The van der Waals surface area contributed by atoms with Crippen LogP contribution in [0.25, 0.3) is 22.5 Å². The van der Waals surface area contributed by atoms with Crippen molar-refractivity contribution in [2.75, 3.05) is 61.8 Å². The predicted molar refractivity (Wildman–Crippen MR) is 198 cm³/mol. The maximum Gasteiger partial charge on any atom is 0.422 e. The Morgan fingerprint density at radius 3 is 1.14 bits per heavy atom. The molecule has 4 aromatic rings. The Kier molecular flexibility index (Phi) is 13.9. The molecule has 0 radical (unpaired) electrons. The number of alkyl halides is 6. The summed E-state index contributed by atoms with van der Waals surface area (Å²) in [7, 11) is 7.26. The van der Waals surface area contributed by atoms with Crippen molar-refractivity contribution in [3.05, 3.63) is 72.1 Å². The summed E-state index contributed by atoms with van der Waals surface area (Å²) in [6.45, 7) is 2.09. The number of benzene rings is 2. The van der Waals surface area contributed by atoms with E-state index in [-0.39, 0.29) is 34.5 Å². The molecule has 4 rings (SSSR count). The van der Waals surface area contributed by atoms with Crippen molar-refractivity contribution in [2.24, 2.45) is 11.5 Å². The molecule has 2 atom stereocenters. The summed E-state index contributed by atoms with van der Waals surface area (Å²) in [5, 5.41) is 0. The summed E-state index contributed by atoms with van der Waals surface area (Å²) in [5.41, 5.74) is 15.7. The molecule has 0 aliphatic heterocycles. The Morgan fingerprint density at radius 2 is 0.893 bits per heavy atom. The van der Waals surface area contributed by atoms with Crippen LogP contribution in [0.2, 0.25) is 0 Å². The van der Waals surface area contributed by atoms with Gasteiger partial charge in [-0.25, -0.2) is 0 Å². The van der Waals surface area contributed by atoms with Gasteiger partial charge >= 0.3 is 12.4 Å². The second kappa shape index (κ2) is 17.9. The third kappa shape index (κ3) is 11.5. The van der Waals surface area contributed by atoms with E-state index in [1.165, 1.54) is 52.7 Å². The molecule has 0 aliphatic carbocycles. The standard InChI is InChI=1S/C39H47F6N5O6/c1-36(46,26-8-10-28(48-20-26)24-16-30(51-4)34(31(17-24)52-5)55-22-38(40,41)42)12-14-50(3)15-13-37(2,47)27-9-11-29(49-21-27)25-18-32(53-6)35(33(19-25)54-7)56-23-39(43,44)45/h8-11,16-21H,12-15,22-23,46-47H2,1-7H3. The van der Waals surface area contributed by atoms with Crippen molar-refractivity contribution in [2.45, 2.75) is 50.1 Å². The van der Waals surface area contributed by atoms with Crippen LogP contribution in [-0.2, 0) is 11.1 Å². The average molecular weight is 796 g/mol. The highest BCUT2D eigenvalue weighted by Gasteiger charge is 2.32. The van der Waals surface area contributed by atoms with Gasteiger partial charge in [-0.1, -0.05) is 12.1 Å². The smallest absolute Gasteiger partial charge is 0.422 e. The number of hydrogen-bond acceptors (Lipinski definition) is 11. The number of halogens is 6. The largest absolute Gasteiger partial charge is 0.493 e. The fourth-order valence-corrected chi connectivity index (χ4v) is 5.70. The Labute approximate surface area is 321 Å². The lowest BCUT2D eigenvalue weighted by Crippen LogP contribution is -2.40. The van der Waals surface area contributed by atoms with E-state index < -0.39 is 36.6 Å². The summed E-state index contributed by atoms with van der Waals surface area (Å²) in [4.78, 5) is 11.3. The van der Waals surface area contributed by atoms with Gasteiger partial charge in [0.15, 0.2) is 36.2 Å². The molecule has 2 unspecified atom stereocenters. The number of ether oxygens (including phenoxy) is 6. The molecule has 4 N–H and O–H groups in total. The summed E-state index contributed by atoms with van der Waals surface area (Å²) in [6.07, 6.45) is -4.58. The Balaban J connectivity index is 1.37. The minimum atomic E-state index is -4.54. The van der Waals surface area contributed by atoms with E-state index in [2.05, 4.69) is 14.9 Å². The lowest BCUT2D eigenvalue weighted by molar-refractivity contribution is -0.154. The molecule has 0 aliphatic rings. The maximum atomic E-state index is 12.8. The van der Waals surface area contributed by atoms with Crippen molar-refractivity contribution in [3.8, 4) is 57.0 Å². The van der Waals surface area contributed by atoms with Gasteiger partial charge in [-0.3, -0.25) is 9.97 Å². The van der Waals surface area contributed by atoms with E-state index in [1.54, 1.807) is 24.5 Å². The van der Waals surface area contributed by atoms with E-state index in [4.69, 9.17) is 39.9 Å². The molecule has 0 bridgehead atoms. The maximum absolute atomic E-state index is 12.8. The number of pyridine rings is 2. The topological polar surface area (TPSA) is 136 Å². The SMILES string of the molecule is COc1cc(-c2ccc(C(C)(N)CCN(C)CCC(C)(N)c3ccc(-c4cc(OC)c(OCC(F)(F)F)c(OC)c4)nc3)cn2)cc(OC)c1OCC(F)(F)F. The zero-order valence-corrected chi connectivity index (χ0v) is 32.2. The van der Waals surface area contributed by atoms with E-state index in [0.29, 0.717) is 48.4 Å². The predicted octanol–water partition coefficient (Wildman–Crippen LogP) is 7.49. The van der Waals surface area contributed by atoms with Gasteiger partial charge in [0.05, 0.1) is 39.8 Å². The Morgan fingerprint density at radius 1 is 0.571 bits per heavy atom. The highest BCUT2D eigenvalue weighted by molar-refractivity contribution is 5.70. The van der Waals surface area contributed by atoms with Crippen LogP contribution in [0.4, 0.5) is 26.3 Å². The monoisotopic (exact) mass is 795 g/mol. The first-order valence-electron chi connectivity index (χ1n) is 17.3. The quantitative estimate of drug-likeness (QED) is 0.0971. The van der Waals surface area contributed by atoms with Crippen molar-refractivity contribution >= 4 is 0 Å². The first-order valence-corrected chi connectivity index (χ1v) is 17.3. The van der Waals surface area contributed by atoms with Gasteiger partial charge in [0, 0.05) is 34.6 Å². The van der Waals surface area contributed by atoms with Crippen LogP contribution in [0.5, 0.6) is 34.5 Å². The fraction of sp³-hybridized carbons (Fsp3) is 0.436. The van der Waals surface area contributed by atoms with Crippen LogP contribution in [0, 0.1) is 0 Å². The van der Waals surface area contributed by atoms with E-state index in [1.807, 2.05) is 33.0 Å². The second-order valence-corrected chi connectivity index (χ2v) is 13.7. The van der Waals surface area contributed by atoms with E-state index >= 15 is 0 Å². The molecule has 0 fully saturated rings. The molecule has 56 heavy (non-hydrogen) atoms. The lowest BCUT2D eigenvalue weighted by atomic mass is 9.89. The molecule has 2 aromatic heterocycles. The lowest BCUT2D eigenvalue weighted by Gasteiger charge is -2.30. The molecule has 2 heterocycles. The normalized spacial score (nSPS) is 14.1. The number of hydrogen-bond donors (Lipinski definition) is 2. The van der Waals surface area contributed by atoms with Crippen LogP contribution in [0.3, 0.4) is 0 Å². The number of methoxy groups -OCH3 is 4. The van der Waals surface area contributed by atoms with Crippen molar-refractivity contribution in [3.63, 3.8) is 0 Å². The number of rotatable bonds is 18. The minimum Gasteiger partial charge on any atom is -0.493 e. The van der Waals surface area contributed by atoms with Gasteiger partial charge in [-0.2, -0.15) is 26.3 Å². The Bertz CT molecular complexity index is 1720. The molecule has 0 saturated carbocycles. The molecule has 0 saturated heterocycles. The second-order valence-electron chi connectivity index (χ2n) is 13.7. The first kappa shape index (κ1) is 43.7. The molecule has 0 spiro atoms. The highest BCUT2D eigenvalue weighted by Crippen LogP contribution is 2.43. The van der Waals surface area contributed by atoms with Gasteiger partial charge < -0.3 is 44.8 Å². The van der Waals surface area contributed by atoms with Crippen LogP contribution in [-0.4, -0.2) is 89.0 Å². The molecule has 306 valence electrons. The molecule has 0 amide bonds. The van der Waals surface area contributed by atoms with Gasteiger partial charge in [-0.05, 0) is 94.4 Å². The third-order valence-corrected chi connectivity index (χ3v) is 9.14. The summed E-state index contributed by atoms with van der Waals surface area (Å²) < 4.78 is 108. The van der Waals surface area contributed by atoms with Crippen LogP contribution in [0.1, 0.15) is 37.8 Å². The first-order chi connectivity index (χ1) is 26.2. The molecular weight excluding hydrogens is 748 g/mol. The number of nitrogens with two attached hydrogens (primary N) is 2. The molecule has 11 nitrogen and oxygen atoms in total. The summed E-state index contributed by atoms with van der Waals surface area (Å²) in [6, 6.07) is 13.3. The van der Waals surface area contributed by atoms with Crippen LogP contribution >= 0.6 is 0 Å². The van der Waals surface area contributed by atoms with E-state index in [0.717, 1.165) is 11.1 Å². The van der Waals surface area contributed by atoms with Gasteiger partial charge in [0.2, 0.25) is 11.5 Å². The van der Waals surface area contributed by atoms with Crippen molar-refractivity contribution in [1.82, 2.24) is 14.9 Å². The van der Waals surface area contributed by atoms with E-state index in [9.17, 15) is 26.3 Å². The summed E-state index contributed by atoms with van der Waals surface area (Å²) >= 11 is 0. The fourth-order valence-electron chi connectivity index (χ4n) is 5.70. The molecular formula is C39H47F6N5O6. The average Bonchev–Trinajstić information content (AvgIpc) is 3.16. The van der Waals surface area contributed by atoms with Crippen LogP contribution in [0.15, 0.2) is 60.9 Å². The zero-order chi connectivity index (χ0) is 41.5. The minimum absolute atomic E-state index is 0.0648. The number of aromatic nitrogens is 2. The highest BCUT2D eigenvalue weighted by atomic mass is 19.4. The zero-order valence-electron chi connectivity index (χ0n) is 32.2. The van der Waals surface area contributed by atoms with Crippen molar-refractivity contribution in [1.29, 1.82) is 0 Å². The molecule has 17 heteroatoms. The Hall–Kier alpha value is -5.00. The third-order valence-electron chi connectivity index (χ3n) is 9.14.